The van der Waals surface area contributed by atoms with Crippen molar-refractivity contribution in [1.82, 2.24) is 9.97 Å². The zero-order valence-corrected chi connectivity index (χ0v) is 10.1. The Labute approximate surface area is 99.2 Å². The lowest BCUT2D eigenvalue weighted by atomic mass is 10.4. The molecule has 0 aromatic carbocycles. The van der Waals surface area contributed by atoms with Crippen LogP contribution in [0.25, 0.3) is 0 Å². The van der Waals surface area contributed by atoms with E-state index in [0.29, 0.717) is 5.88 Å². The van der Waals surface area contributed by atoms with Crippen molar-refractivity contribution in [3.05, 3.63) is 18.1 Å². The van der Waals surface area contributed by atoms with Gasteiger partial charge in [-0.2, -0.15) is 11.8 Å². The summed E-state index contributed by atoms with van der Waals surface area (Å²) in [5, 5.41) is 0. The van der Waals surface area contributed by atoms with Gasteiger partial charge in [0.25, 0.3) is 0 Å². The Morgan fingerprint density at radius 3 is 2.93 bits per heavy atom. The van der Waals surface area contributed by atoms with Crippen LogP contribution in [0.3, 0.4) is 0 Å². The third-order valence-corrected chi connectivity index (χ3v) is 3.70. The van der Waals surface area contributed by atoms with Gasteiger partial charge in [-0.3, -0.25) is 4.98 Å². The second-order valence-electron chi connectivity index (χ2n) is 3.45. The molecule has 15 heavy (non-hydrogen) atoms. The minimum Gasteiger partial charge on any atom is -0.354 e. The standard InChI is InChI=1S/C10H14ClN3S/c11-6-9-7-13-10(8-12-9)14-2-1-4-15-5-3-14/h7-8H,1-6H2. The molecule has 2 heterocycles. The number of hydrogen-bond donors (Lipinski definition) is 0. The fourth-order valence-electron chi connectivity index (χ4n) is 1.56. The Kier molecular flexibility index (Phi) is 4.09. The summed E-state index contributed by atoms with van der Waals surface area (Å²) in [6.45, 7) is 2.15. The van der Waals surface area contributed by atoms with Crippen LogP contribution >= 0.6 is 23.4 Å². The first-order chi connectivity index (χ1) is 7.40. The lowest BCUT2D eigenvalue weighted by molar-refractivity contribution is 0.795. The summed E-state index contributed by atoms with van der Waals surface area (Å²) >= 11 is 7.68. The quantitative estimate of drug-likeness (QED) is 0.745. The van der Waals surface area contributed by atoms with Crippen molar-refractivity contribution in [1.29, 1.82) is 0 Å². The second-order valence-corrected chi connectivity index (χ2v) is 4.94. The lowest BCUT2D eigenvalue weighted by Gasteiger charge is -2.20. The van der Waals surface area contributed by atoms with E-state index >= 15 is 0 Å². The molecule has 1 saturated heterocycles. The van der Waals surface area contributed by atoms with E-state index in [-0.39, 0.29) is 0 Å². The van der Waals surface area contributed by atoms with Crippen molar-refractivity contribution in [3.8, 4) is 0 Å². The van der Waals surface area contributed by atoms with Gasteiger partial charge in [0, 0.05) is 18.8 Å². The van der Waals surface area contributed by atoms with E-state index in [1.165, 1.54) is 17.9 Å². The lowest BCUT2D eigenvalue weighted by Crippen LogP contribution is -2.26. The van der Waals surface area contributed by atoms with Gasteiger partial charge in [0.15, 0.2) is 0 Å². The van der Waals surface area contributed by atoms with Crippen molar-refractivity contribution in [2.75, 3.05) is 29.5 Å². The number of anilines is 1. The monoisotopic (exact) mass is 243 g/mol. The van der Waals surface area contributed by atoms with Gasteiger partial charge >= 0.3 is 0 Å². The molecule has 1 aliphatic rings. The fourth-order valence-corrected chi connectivity index (χ4v) is 2.58. The second kappa shape index (κ2) is 5.56. The Hall–Kier alpha value is -0.480. The Morgan fingerprint density at radius 2 is 2.20 bits per heavy atom. The van der Waals surface area contributed by atoms with Crippen molar-refractivity contribution in [2.24, 2.45) is 0 Å². The van der Waals surface area contributed by atoms with Crippen molar-refractivity contribution in [3.63, 3.8) is 0 Å². The molecular formula is C10H14ClN3S. The summed E-state index contributed by atoms with van der Waals surface area (Å²) in [5.41, 5.74) is 0.838. The number of halogens is 1. The molecule has 0 bridgehead atoms. The van der Waals surface area contributed by atoms with Gasteiger partial charge in [0.2, 0.25) is 0 Å². The van der Waals surface area contributed by atoms with Crippen molar-refractivity contribution >= 4 is 29.2 Å². The van der Waals surface area contributed by atoms with E-state index in [9.17, 15) is 0 Å². The number of alkyl halides is 1. The number of aromatic nitrogens is 2. The molecule has 5 heteroatoms. The summed E-state index contributed by atoms with van der Waals surface area (Å²) < 4.78 is 0. The van der Waals surface area contributed by atoms with Crippen molar-refractivity contribution < 1.29 is 0 Å². The summed E-state index contributed by atoms with van der Waals surface area (Å²) in [7, 11) is 0. The highest BCUT2D eigenvalue weighted by Crippen LogP contribution is 2.16. The number of nitrogens with zero attached hydrogens (tertiary/aromatic N) is 3. The van der Waals surface area contributed by atoms with Crippen LogP contribution in [0, 0.1) is 0 Å². The Morgan fingerprint density at radius 1 is 1.27 bits per heavy atom. The Balaban J connectivity index is 2.06. The van der Waals surface area contributed by atoms with Crippen LogP contribution < -0.4 is 4.90 Å². The largest absolute Gasteiger partial charge is 0.354 e. The predicted molar refractivity (Wildman–Crippen MR) is 65.7 cm³/mol. The van der Waals surface area contributed by atoms with E-state index in [1.54, 1.807) is 6.20 Å². The van der Waals surface area contributed by atoms with Crippen molar-refractivity contribution in [2.45, 2.75) is 12.3 Å². The van der Waals surface area contributed by atoms with Crippen LogP contribution in [0.2, 0.25) is 0 Å². The highest BCUT2D eigenvalue weighted by atomic mass is 35.5. The molecule has 1 aliphatic heterocycles. The van der Waals surface area contributed by atoms with Gasteiger partial charge in [-0.05, 0) is 12.2 Å². The molecule has 3 nitrogen and oxygen atoms in total. The molecule has 0 amide bonds. The average Bonchev–Trinajstić information content (AvgIpc) is 2.58. The predicted octanol–water partition coefficient (Wildman–Crippen LogP) is 2.16. The fraction of sp³-hybridized carbons (Fsp3) is 0.600. The summed E-state index contributed by atoms with van der Waals surface area (Å²) in [6, 6.07) is 0. The van der Waals surface area contributed by atoms with Gasteiger partial charge < -0.3 is 4.90 Å². The molecule has 0 saturated carbocycles. The number of rotatable bonds is 2. The van der Waals surface area contributed by atoms with E-state index in [0.717, 1.165) is 24.6 Å². The third kappa shape index (κ3) is 2.98. The first kappa shape index (κ1) is 11.0. The smallest absolute Gasteiger partial charge is 0.147 e. The summed E-state index contributed by atoms with van der Waals surface area (Å²) in [4.78, 5) is 10.9. The maximum Gasteiger partial charge on any atom is 0.147 e. The Bertz CT molecular complexity index is 296. The van der Waals surface area contributed by atoms with E-state index in [1.807, 2.05) is 18.0 Å². The number of thioether (sulfide) groups is 1. The molecule has 0 atom stereocenters. The van der Waals surface area contributed by atoms with Crippen LogP contribution in [-0.2, 0) is 5.88 Å². The van der Waals surface area contributed by atoms with E-state index in [2.05, 4.69) is 14.9 Å². The molecule has 1 aromatic rings. The van der Waals surface area contributed by atoms with Gasteiger partial charge in [-0.1, -0.05) is 0 Å². The van der Waals surface area contributed by atoms with Gasteiger partial charge in [-0.15, -0.1) is 11.6 Å². The molecule has 0 radical (unpaired) electrons. The highest BCUT2D eigenvalue weighted by molar-refractivity contribution is 7.99. The van der Waals surface area contributed by atoms with Crippen LogP contribution in [0.15, 0.2) is 12.4 Å². The molecule has 1 aromatic heterocycles. The normalized spacial score (nSPS) is 17.5. The summed E-state index contributed by atoms with van der Waals surface area (Å²) in [6.07, 6.45) is 4.82. The summed E-state index contributed by atoms with van der Waals surface area (Å²) in [5.74, 6) is 3.84. The van der Waals surface area contributed by atoms with Gasteiger partial charge in [0.1, 0.15) is 5.82 Å². The maximum absolute atomic E-state index is 5.67. The minimum atomic E-state index is 0.434. The van der Waals surface area contributed by atoms with Crippen LogP contribution in [0.1, 0.15) is 12.1 Å². The zero-order chi connectivity index (χ0) is 10.5. The molecule has 0 spiro atoms. The first-order valence-corrected chi connectivity index (χ1v) is 6.78. The third-order valence-electron chi connectivity index (χ3n) is 2.37. The molecule has 82 valence electrons. The zero-order valence-electron chi connectivity index (χ0n) is 8.53. The van der Waals surface area contributed by atoms with Crippen LogP contribution in [-0.4, -0.2) is 34.6 Å². The molecule has 0 aliphatic carbocycles. The number of hydrogen-bond acceptors (Lipinski definition) is 4. The minimum absolute atomic E-state index is 0.434. The van der Waals surface area contributed by atoms with Crippen LogP contribution in [0.4, 0.5) is 5.82 Å². The molecular weight excluding hydrogens is 230 g/mol. The molecule has 0 unspecified atom stereocenters. The first-order valence-electron chi connectivity index (χ1n) is 5.10. The van der Waals surface area contributed by atoms with Gasteiger partial charge in [-0.25, -0.2) is 4.98 Å². The van der Waals surface area contributed by atoms with Gasteiger partial charge in [0.05, 0.1) is 24.0 Å². The molecule has 1 fully saturated rings. The molecule has 0 N–H and O–H groups in total. The molecule has 2 rings (SSSR count). The van der Waals surface area contributed by atoms with E-state index < -0.39 is 0 Å². The maximum atomic E-state index is 5.67. The highest BCUT2D eigenvalue weighted by Gasteiger charge is 2.11. The topological polar surface area (TPSA) is 29.0 Å². The van der Waals surface area contributed by atoms with Crippen LogP contribution in [0.5, 0.6) is 0 Å². The SMILES string of the molecule is ClCc1cnc(N2CCCSCC2)cn1. The average molecular weight is 244 g/mol. The van der Waals surface area contributed by atoms with E-state index in [4.69, 9.17) is 11.6 Å².